The normalized spacial score (nSPS) is 15.1. The van der Waals surface area contributed by atoms with Crippen molar-refractivity contribution in [2.45, 2.75) is 12.5 Å². The van der Waals surface area contributed by atoms with Gasteiger partial charge in [0.15, 0.2) is 5.76 Å². The molecule has 1 aromatic rings. The molecule has 1 fully saturated rings. The van der Waals surface area contributed by atoms with Crippen molar-refractivity contribution in [2.24, 2.45) is 0 Å². The second-order valence-corrected chi connectivity index (χ2v) is 7.13. The fourth-order valence-corrected chi connectivity index (χ4v) is 1.09. The van der Waals surface area contributed by atoms with Gasteiger partial charge >= 0.3 is 0 Å². The fourth-order valence-electron chi connectivity index (χ4n) is 1.09. The molecule has 1 saturated heterocycles. The van der Waals surface area contributed by atoms with Crippen LogP contribution in [0.2, 0.25) is 0 Å². The molecule has 4 N–H and O–H groups in total. The highest BCUT2D eigenvalue weighted by Gasteiger charge is 2.22. The third kappa shape index (κ3) is 13.7. The van der Waals surface area contributed by atoms with Gasteiger partial charge in [0.2, 0.25) is 0 Å². The summed E-state index contributed by atoms with van der Waals surface area (Å²) >= 11 is 0. The van der Waals surface area contributed by atoms with Crippen LogP contribution in [0.15, 0.2) is 10.6 Å². The maximum atomic E-state index is 9.19. The van der Waals surface area contributed by atoms with Crippen molar-refractivity contribution in [2.75, 3.05) is 25.6 Å². The molecule has 2 heterocycles. The van der Waals surface area contributed by atoms with Gasteiger partial charge in [-0.1, -0.05) is 5.16 Å². The van der Waals surface area contributed by atoms with E-state index >= 15 is 0 Å². The first-order chi connectivity index (χ1) is 9.40. The molecule has 0 unspecified atom stereocenters. The molecule has 21 heavy (non-hydrogen) atoms. The Kier molecular flexibility index (Phi) is 7.99. The van der Waals surface area contributed by atoms with Crippen molar-refractivity contribution in [1.82, 2.24) is 10.5 Å². The molecular formula is C9H18N2O8S2. The minimum atomic E-state index is -3.67. The van der Waals surface area contributed by atoms with Gasteiger partial charge in [-0.3, -0.25) is 9.11 Å². The Hall–Kier alpha value is -1.05. The summed E-state index contributed by atoms with van der Waals surface area (Å²) in [5, 5.41) is 15.7. The van der Waals surface area contributed by atoms with E-state index in [2.05, 4.69) is 10.5 Å². The van der Waals surface area contributed by atoms with Gasteiger partial charge in [-0.15, -0.1) is 0 Å². The molecule has 124 valence electrons. The highest BCUT2D eigenvalue weighted by Crippen LogP contribution is 2.18. The molecule has 0 bridgehead atoms. The Bertz CT molecular complexity index is 572. The Morgan fingerprint density at radius 3 is 1.90 bits per heavy atom. The van der Waals surface area contributed by atoms with Crippen LogP contribution in [0.4, 0.5) is 0 Å². The third-order valence-electron chi connectivity index (χ3n) is 1.93. The Balaban J connectivity index is 0.000000340. The zero-order valence-electron chi connectivity index (χ0n) is 11.4. The van der Waals surface area contributed by atoms with Gasteiger partial charge in [0, 0.05) is 25.1 Å². The van der Waals surface area contributed by atoms with Gasteiger partial charge in [0.1, 0.15) is 6.61 Å². The first kappa shape index (κ1) is 19.9. The van der Waals surface area contributed by atoms with Crippen molar-refractivity contribution in [3.05, 3.63) is 17.5 Å². The Morgan fingerprint density at radius 2 is 1.67 bits per heavy atom. The van der Waals surface area contributed by atoms with Crippen LogP contribution in [0.1, 0.15) is 17.4 Å². The molecule has 0 atom stereocenters. The van der Waals surface area contributed by atoms with Crippen LogP contribution in [0.3, 0.4) is 0 Å². The van der Waals surface area contributed by atoms with E-state index < -0.39 is 20.2 Å². The van der Waals surface area contributed by atoms with E-state index in [0.717, 1.165) is 18.8 Å². The summed E-state index contributed by atoms with van der Waals surface area (Å²) in [4.78, 5) is 0. The standard InChI is InChI=1S/C7H10N2O2.2CH4O3S/c10-4-6-1-7(9-11-6)5-2-8-3-5;2*1-5(2,3)4/h1,5,8,10H,2-4H2;2*1H3,(H,2,3,4). The summed E-state index contributed by atoms with van der Waals surface area (Å²) in [5.41, 5.74) is 0.952. The van der Waals surface area contributed by atoms with Gasteiger partial charge in [-0.2, -0.15) is 16.8 Å². The molecule has 2 rings (SSSR count). The van der Waals surface area contributed by atoms with E-state index in [9.17, 15) is 16.8 Å². The smallest absolute Gasteiger partial charge is 0.261 e. The number of rotatable bonds is 2. The van der Waals surface area contributed by atoms with Crippen molar-refractivity contribution in [1.29, 1.82) is 0 Å². The van der Waals surface area contributed by atoms with E-state index in [-0.39, 0.29) is 6.61 Å². The predicted octanol–water partition coefficient (Wildman–Crippen LogP) is -1.14. The molecule has 0 spiro atoms. The highest BCUT2D eigenvalue weighted by molar-refractivity contribution is 7.85. The molecule has 10 nitrogen and oxygen atoms in total. The minimum Gasteiger partial charge on any atom is -0.388 e. The lowest BCUT2D eigenvalue weighted by molar-refractivity contribution is 0.227. The highest BCUT2D eigenvalue weighted by atomic mass is 32.2. The number of nitrogens with zero attached hydrogens (tertiary/aromatic N) is 1. The summed E-state index contributed by atoms with van der Waals surface area (Å²) < 4.78 is 56.6. The zero-order chi connectivity index (χ0) is 16.7. The number of aliphatic hydroxyl groups is 1. The van der Waals surface area contributed by atoms with Crippen LogP contribution in [-0.4, -0.2) is 61.8 Å². The minimum absolute atomic E-state index is 0.0624. The van der Waals surface area contributed by atoms with Gasteiger partial charge in [-0.25, -0.2) is 0 Å². The lowest BCUT2D eigenvalue weighted by Gasteiger charge is -2.24. The molecule has 12 heteroatoms. The average Bonchev–Trinajstić information content (AvgIpc) is 2.57. The molecule has 0 aliphatic carbocycles. The van der Waals surface area contributed by atoms with Crippen LogP contribution >= 0.6 is 0 Å². The van der Waals surface area contributed by atoms with Crippen LogP contribution in [-0.2, 0) is 26.8 Å². The second kappa shape index (κ2) is 8.41. The number of nitrogens with one attached hydrogen (secondary N) is 1. The SMILES string of the molecule is CS(=O)(=O)O.CS(=O)(=O)O.OCc1cc(C2CNC2)no1. The van der Waals surface area contributed by atoms with E-state index in [1.807, 2.05) is 6.07 Å². The topological polar surface area (TPSA) is 167 Å². The average molecular weight is 346 g/mol. The zero-order valence-corrected chi connectivity index (χ0v) is 13.1. The van der Waals surface area contributed by atoms with Crippen molar-refractivity contribution in [3.8, 4) is 0 Å². The monoisotopic (exact) mass is 346 g/mol. The van der Waals surface area contributed by atoms with E-state index in [1.54, 1.807) is 0 Å². The van der Waals surface area contributed by atoms with Gasteiger partial charge in [-0.05, 0) is 0 Å². The van der Waals surface area contributed by atoms with Crippen LogP contribution in [0, 0.1) is 0 Å². The van der Waals surface area contributed by atoms with Crippen molar-refractivity contribution in [3.63, 3.8) is 0 Å². The maximum Gasteiger partial charge on any atom is 0.261 e. The Labute approximate surface area is 122 Å². The first-order valence-corrected chi connectivity index (χ1v) is 9.21. The van der Waals surface area contributed by atoms with Crippen molar-refractivity contribution < 1.29 is 35.6 Å². The number of hydrogen-bond acceptors (Lipinski definition) is 8. The quantitative estimate of drug-likeness (QED) is 0.480. The first-order valence-electron chi connectivity index (χ1n) is 5.52. The maximum absolute atomic E-state index is 9.19. The summed E-state index contributed by atoms with van der Waals surface area (Å²) in [6, 6.07) is 1.81. The summed E-state index contributed by atoms with van der Waals surface area (Å²) in [6.45, 7) is 1.88. The van der Waals surface area contributed by atoms with Gasteiger partial charge in [0.25, 0.3) is 20.2 Å². The van der Waals surface area contributed by atoms with Gasteiger partial charge in [0.05, 0.1) is 18.2 Å². The number of aliphatic hydroxyl groups excluding tert-OH is 1. The van der Waals surface area contributed by atoms with E-state index in [0.29, 0.717) is 24.2 Å². The van der Waals surface area contributed by atoms with Crippen LogP contribution in [0.5, 0.6) is 0 Å². The summed E-state index contributed by atoms with van der Waals surface area (Å²) in [6.07, 6.45) is 1.43. The van der Waals surface area contributed by atoms with Crippen LogP contribution < -0.4 is 5.32 Å². The largest absolute Gasteiger partial charge is 0.388 e. The van der Waals surface area contributed by atoms with Gasteiger partial charge < -0.3 is 14.9 Å². The molecule has 0 aromatic carbocycles. The van der Waals surface area contributed by atoms with Crippen LogP contribution in [0.25, 0.3) is 0 Å². The number of hydrogen-bond donors (Lipinski definition) is 4. The molecule has 1 aliphatic heterocycles. The predicted molar refractivity (Wildman–Crippen MR) is 73.0 cm³/mol. The van der Waals surface area contributed by atoms with E-state index in [4.69, 9.17) is 18.7 Å². The fraction of sp³-hybridized carbons (Fsp3) is 0.667. The summed E-state index contributed by atoms with van der Waals surface area (Å²) in [7, 11) is -7.33. The molecule has 0 saturated carbocycles. The van der Waals surface area contributed by atoms with Crippen molar-refractivity contribution >= 4 is 20.2 Å². The molecule has 1 aromatic heterocycles. The molecule has 0 amide bonds. The third-order valence-corrected chi connectivity index (χ3v) is 1.93. The molecule has 0 radical (unpaired) electrons. The molecule has 1 aliphatic rings. The summed E-state index contributed by atoms with van der Waals surface area (Å²) in [5.74, 6) is 1.03. The lowest BCUT2D eigenvalue weighted by atomic mass is 9.99. The lowest BCUT2D eigenvalue weighted by Crippen LogP contribution is -2.40. The molecular weight excluding hydrogens is 328 g/mol. The van der Waals surface area contributed by atoms with E-state index in [1.165, 1.54) is 0 Å². The number of aromatic nitrogens is 1. The Morgan fingerprint density at radius 1 is 1.24 bits per heavy atom. The second-order valence-electron chi connectivity index (χ2n) is 4.20.